The number of rotatable bonds is 8. The van der Waals surface area contributed by atoms with Crippen molar-refractivity contribution in [1.82, 2.24) is 10.1 Å². The number of carbonyl (C=O) groups excluding carboxylic acids is 2. The maximum atomic E-state index is 13.4. The largest absolute Gasteiger partial charge is 0.462 e. The van der Waals surface area contributed by atoms with Crippen LogP contribution in [0.25, 0.3) is 0 Å². The molecule has 2 saturated heterocycles. The van der Waals surface area contributed by atoms with Gasteiger partial charge >= 0.3 is 11.9 Å². The van der Waals surface area contributed by atoms with Gasteiger partial charge in [-0.3, -0.25) is 19.3 Å². The lowest BCUT2D eigenvalue weighted by Crippen LogP contribution is -2.63. The van der Waals surface area contributed by atoms with E-state index < -0.39 is 0 Å². The van der Waals surface area contributed by atoms with Gasteiger partial charge in [-0.15, -0.1) is 0 Å². The number of hydroxylamine groups is 4. The zero-order valence-corrected chi connectivity index (χ0v) is 30.5. The summed E-state index contributed by atoms with van der Waals surface area (Å²) in [6, 6.07) is 0. The molecule has 5 aliphatic rings. The van der Waals surface area contributed by atoms with Gasteiger partial charge in [-0.25, -0.2) is 0 Å². The molecular formula is C38H66N2O6. The summed E-state index contributed by atoms with van der Waals surface area (Å²) in [4.78, 5) is 40.0. The minimum absolute atomic E-state index is 0.0982. The molecule has 264 valence electrons. The molecule has 0 aromatic rings. The first-order chi connectivity index (χ1) is 21.6. The maximum absolute atomic E-state index is 13.4. The summed E-state index contributed by atoms with van der Waals surface area (Å²) < 4.78 is 12.4. The quantitative estimate of drug-likeness (QED) is 0.243. The van der Waals surface area contributed by atoms with E-state index in [1.165, 1.54) is 38.5 Å². The lowest BCUT2D eigenvalue weighted by molar-refractivity contribution is -0.318. The van der Waals surface area contributed by atoms with Crippen LogP contribution in [-0.2, 0) is 28.7 Å². The number of hydrogen-bond acceptors (Lipinski definition) is 8. The van der Waals surface area contributed by atoms with Crippen LogP contribution in [0.4, 0.5) is 0 Å². The van der Waals surface area contributed by atoms with Gasteiger partial charge in [0.2, 0.25) is 0 Å². The molecule has 3 aliphatic carbocycles. The first-order valence-electron chi connectivity index (χ1n) is 18.9. The second-order valence-electron chi connectivity index (χ2n) is 18.1. The van der Waals surface area contributed by atoms with Crippen molar-refractivity contribution >= 4 is 11.9 Å². The highest BCUT2D eigenvalue weighted by Crippen LogP contribution is 2.44. The van der Waals surface area contributed by atoms with Gasteiger partial charge in [0.05, 0.1) is 24.0 Å². The summed E-state index contributed by atoms with van der Waals surface area (Å²) in [7, 11) is 0. The lowest BCUT2D eigenvalue weighted by atomic mass is 9.79. The van der Waals surface area contributed by atoms with Crippen LogP contribution < -0.4 is 0 Å². The topological polar surface area (TPSA) is 77.5 Å². The van der Waals surface area contributed by atoms with Crippen LogP contribution in [0.5, 0.6) is 0 Å². The highest BCUT2D eigenvalue weighted by Gasteiger charge is 2.50. The third-order valence-electron chi connectivity index (χ3n) is 11.7. The van der Waals surface area contributed by atoms with Crippen molar-refractivity contribution in [2.75, 3.05) is 0 Å². The van der Waals surface area contributed by atoms with E-state index in [1.54, 1.807) is 0 Å². The minimum atomic E-state index is -0.229. The molecule has 8 nitrogen and oxygen atoms in total. The van der Waals surface area contributed by atoms with E-state index in [0.717, 1.165) is 51.4 Å². The molecule has 0 N–H and O–H groups in total. The second kappa shape index (κ2) is 14.3. The zero-order chi connectivity index (χ0) is 33.3. The second-order valence-corrected chi connectivity index (χ2v) is 18.1. The van der Waals surface area contributed by atoms with Crippen molar-refractivity contribution in [3.8, 4) is 0 Å². The van der Waals surface area contributed by atoms with Crippen molar-refractivity contribution < 1.29 is 28.7 Å². The van der Waals surface area contributed by atoms with Crippen molar-refractivity contribution in [1.29, 1.82) is 0 Å². The van der Waals surface area contributed by atoms with Crippen molar-refractivity contribution in [2.45, 2.75) is 218 Å². The molecule has 5 fully saturated rings. The Bertz CT molecular complexity index is 918. The van der Waals surface area contributed by atoms with Gasteiger partial charge in [-0.1, -0.05) is 38.5 Å². The summed E-state index contributed by atoms with van der Waals surface area (Å²) in [5, 5.41) is 4.43. The fraction of sp³-hybridized carbons (Fsp3) is 0.947. The smallest absolute Gasteiger partial charge is 0.309 e. The van der Waals surface area contributed by atoms with Gasteiger partial charge in [-0.2, -0.15) is 10.1 Å². The Morgan fingerprint density at radius 1 is 0.435 bits per heavy atom. The number of esters is 2. The van der Waals surface area contributed by atoms with Gasteiger partial charge in [0.25, 0.3) is 0 Å². The molecule has 5 rings (SSSR count). The van der Waals surface area contributed by atoms with Crippen LogP contribution in [-0.4, -0.2) is 68.6 Å². The number of hydrogen-bond donors (Lipinski definition) is 0. The van der Waals surface area contributed by atoms with E-state index in [2.05, 4.69) is 65.5 Å². The fourth-order valence-electron chi connectivity index (χ4n) is 9.81. The van der Waals surface area contributed by atoms with Crippen molar-refractivity contribution in [3.63, 3.8) is 0 Å². The number of piperidine rings is 2. The molecule has 0 amide bonds. The summed E-state index contributed by atoms with van der Waals surface area (Å²) in [6.45, 7) is 17.7. The first kappa shape index (κ1) is 36.1. The Morgan fingerprint density at radius 2 is 0.717 bits per heavy atom. The van der Waals surface area contributed by atoms with Crippen LogP contribution in [0.15, 0.2) is 0 Å². The van der Waals surface area contributed by atoms with Crippen LogP contribution >= 0.6 is 0 Å². The molecule has 0 spiro atoms. The lowest BCUT2D eigenvalue weighted by Gasteiger charge is -2.54. The average molecular weight is 647 g/mol. The third kappa shape index (κ3) is 8.67. The van der Waals surface area contributed by atoms with Gasteiger partial charge in [0.1, 0.15) is 12.2 Å². The molecule has 0 radical (unpaired) electrons. The van der Waals surface area contributed by atoms with E-state index in [0.29, 0.717) is 37.9 Å². The van der Waals surface area contributed by atoms with Crippen LogP contribution in [0.2, 0.25) is 0 Å². The predicted octanol–water partition coefficient (Wildman–Crippen LogP) is 8.45. The van der Waals surface area contributed by atoms with E-state index in [1.807, 2.05) is 0 Å². The molecule has 46 heavy (non-hydrogen) atoms. The molecular weight excluding hydrogens is 580 g/mol. The molecule has 0 unspecified atom stereocenters. The van der Waals surface area contributed by atoms with Crippen LogP contribution in [0.1, 0.15) is 171 Å². The van der Waals surface area contributed by atoms with E-state index in [9.17, 15) is 9.59 Å². The Morgan fingerprint density at radius 3 is 1.00 bits per heavy atom. The normalized spacial score (nSPS) is 31.7. The maximum Gasteiger partial charge on any atom is 0.309 e. The molecule has 0 bridgehead atoms. The Hall–Kier alpha value is -1.22. The Labute approximate surface area is 279 Å². The number of nitrogens with zero attached hydrogens (tertiary/aromatic N) is 2. The molecule has 2 aliphatic heterocycles. The van der Waals surface area contributed by atoms with E-state index in [4.69, 9.17) is 19.1 Å². The molecule has 0 aromatic carbocycles. The molecule has 0 atom stereocenters. The highest BCUT2D eigenvalue weighted by molar-refractivity contribution is 5.75. The molecule has 8 heteroatoms. The van der Waals surface area contributed by atoms with Gasteiger partial charge in [0, 0.05) is 47.8 Å². The molecule has 2 heterocycles. The van der Waals surface area contributed by atoms with Gasteiger partial charge < -0.3 is 9.47 Å². The Kier molecular flexibility index (Phi) is 11.2. The number of ether oxygens (including phenoxy) is 2. The monoisotopic (exact) mass is 646 g/mol. The SMILES string of the molecule is CC1(C)CC(OC(=O)C2CCC(C(=O)OC3CC(C)(C)N(OC4CCCCC4)C(C)(C)C3)CC2)CC(C)(C)N1OC1CCCCC1. The summed E-state index contributed by atoms with van der Waals surface area (Å²) >= 11 is 0. The van der Waals surface area contributed by atoms with Gasteiger partial charge in [0.15, 0.2) is 0 Å². The molecule has 0 aromatic heterocycles. The summed E-state index contributed by atoms with van der Waals surface area (Å²) in [5.41, 5.74) is -0.917. The average Bonchev–Trinajstić information content (AvgIpc) is 2.97. The van der Waals surface area contributed by atoms with Gasteiger partial charge in [-0.05, 0) is 107 Å². The first-order valence-corrected chi connectivity index (χ1v) is 18.9. The standard InChI is InChI=1S/C38H66N2O6/c1-35(2)23-31(24-36(3,4)39(35)45-29-15-11-9-12-16-29)43-33(41)27-19-21-28(22-20-27)34(42)44-32-25-37(5,6)40(38(7,8)26-32)46-30-17-13-10-14-18-30/h27-32H,9-26H2,1-8H3. The van der Waals surface area contributed by atoms with Crippen molar-refractivity contribution in [2.24, 2.45) is 11.8 Å². The fourth-order valence-corrected chi connectivity index (χ4v) is 9.81. The zero-order valence-electron chi connectivity index (χ0n) is 30.5. The minimum Gasteiger partial charge on any atom is -0.462 e. The Balaban J connectivity index is 1.08. The summed E-state index contributed by atoms with van der Waals surface area (Å²) in [6.07, 6.45) is 18.2. The van der Waals surface area contributed by atoms with Crippen LogP contribution in [0.3, 0.4) is 0 Å². The summed E-state index contributed by atoms with van der Waals surface area (Å²) in [5.74, 6) is -0.493. The molecule has 3 saturated carbocycles. The van der Waals surface area contributed by atoms with Crippen LogP contribution in [0, 0.1) is 11.8 Å². The predicted molar refractivity (Wildman–Crippen MR) is 180 cm³/mol. The van der Waals surface area contributed by atoms with Crippen molar-refractivity contribution in [3.05, 3.63) is 0 Å². The van der Waals surface area contributed by atoms with E-state index >= 15 is 0 Å². The third-order valence-corrected chi connectivity index (χ3v) is 11.7. The van der Waals surface area contributed by atoms with E-state index in [-0.39, 0.29) is 58.1 Å². The number of carbonyl (C=O) groups is 2. The highest BCUT2D eigenvalue weighted by atomic mass is 16.7.